The number of hydrogen-bond donors (Lipinski definition) is 1. The molecular weight excluding hydrogens is 474 g/mol. The van der Waals surface area contributed by atoms with E-state index >= 15 is 0 Å². The van der Waals surface area contributed by atoms with Gasteiger partial charge in [-0.1, -0.05) is 12.1 Å². The molecule has 1 N–H and O–H groups in total. The molecule has 0 saturated carbocycles. The van der Waals surface area contributed by atoms with E-state index in [9.17, 15) is 4.79 Å². The zero-order chi connectivity index (χ0) is 26.3. The molecule has 1 amide bonds. The summed E-state index contributed by atoms with van der Waals surface area (Å²) in [6, 6.07) is 14.9. The van der Waals surface area contributed by atoms with Crippen LogP contribution < -0.4 is 5.32 Å². The van der Waals surface area contributed by atoms with Gasteiger partial charge in [-0.15, -0.1) is 11.3 Å². The summed E-state index contributed by atoms with van der Waals surface area (Å²) in [6.45, 7) is 12.7. The van der Waals surface area contributed by atoms with E-state index in [1.165, 1.54) is 50.5 Å². The van der Waals surface area contributed by atoms with E-state index in [-0.39, 0.29) is 5.91 Å². The molecule has 2 aromatic heterocycles. The number of amides is 1. The lowest BCUT2D eigenvalue weighted by Crippen LogP contribution is -2.15. The van der Waals surface area contributed by atoms with Crippen molar-refractivity contribution in [1.82, 2.24) is 4.57 Å². The van der Waals surface area contributed by atoms with Crippen molar-refractivity contribution in [2.75, 3.05) is 5.32 Å². The predicted octanol–water partition coefficient (Wildman–Crippen LogP) is 8.27. The van der Waals surface area contributed by atoms with Crippen LogP contribution in [0.1, 0.15) is 72.8 Å². The molecule has 0 atom stereocenters. The second-order valence-corrected chi connectivity index (χ2v) is 11.5. The van der Waals surface area contributed by atoms with Crippen molar-refractivity contribution < 1.29 is 4.79 Å². The smallest absolute Gasteiger partial charge is 0.259 e. The van der Waals surface area contributed by atoms with Crippen molar-refractivity contribution in [1.29, 1.82) is 0 Å². The van der Waals surface area contributed by atoms with Gasteiger partial charge in [0.15, 0.2) is 0 Å². The topological polar surface area (TPSA) is 46.4 Å². The minimum absolute atomic E-state index is 0.0597. The van der Waals surface area contributed by atoms with E-state index < -0.39 is 0 Å². The third-order valence-corrected chi connectivity index (χ3v) is 8.60. The fourth-order valence-corrected chi connectivity index (χ4v) is 6.64. The van der Waals surface area contributed by atoms with E-state index in [1.54, 1.807) is 11.3 Å². The monoisotopic (exact) mass is 509 g/mol. The number of aliphatic imine (C=N–C) groups is 1. The molecule has 0 radical (unpaired) electrons. The maximum atomic E-state index is 13.6. The Balaban J connectivity index is 1.50. The minimum atomic E-state index is -0.0597. The number of rotatable bonds is 5. The molecule has 37 heavy (non-hydrogen) atoms. The Morgan fingerprint density at radius 3 is 2.38 bits per heavy atom. The van der Waals surface area contributed by atoms with E-state index in [0.29, 0.717) is 0 Å². The van der Waals surface area contributed by atoms with Crippen LogP contribution in [0.3, 0.4) is 0 Å². The summed E-state index contributed by atoms with van der Waals surface area (Å²) in [6.07, 6.45) is 6.20. The van der Waals surface area contributed by atoms with Crippen molar-refractivity contribution >= 4 is 34.1 Å². The predicted molar refractivity (Wildman–Crippen MR) is 157 cm³/mol. The molecule has 0 fully saturated rings. The van der Waals surface area contributed by atoms with Crippen LogP contribution in [-0.4, -0.2) is 16.7 Å². The van der Waals surface area contributed by atoms with E-state index in [4.69, 9.17) is 4.99 Å². The van der Waals surface area contributed by atoms with Gasteiger partial charge in [0.1, 0.15) is 5.00 Å². The van der Waals surface area contributed by atoms with E-state index in [0.717, 1.165) is 46.8 Å². The zero-order valence-corrected chi connectivity index (χ0v) is 23.5. The van der Waals surface area contributed by atoms with Crippen molar-refractivity contribution in [3.63, 3.8) is 0 Å². The first-order valence-corrected chi connectivity index (χ1v) is 13.9. The molecule has 0 aliphatic heterocycles. The first-order chi connectivity index (χ1) is 17.7. The molecule has 0 bridgehead atoms. The summed E-state index contributed by atoms with van der Waals surface area (Å²) in [5.74, 6) is -0.0597. The largest absolute Gasteiger partial charge is 0.322 e. The number of aryl methyl sites for hydroxylation is 6. The number of carbonyl (C=O) groups is 1. The van der Waals surface area contributed by atoms with Crippen molar-refractivity contribution in [2.24, 2.45) is 4.99 Å². The lowest BCUT2D eigenvalue weighted by atomic mass is 9.95. The highest BCUT2D eigenvalue weighted by Crippen LogP contribution is 2.40. The van der Waals surface area contributed by atoms with Crippen molar-refractivity contribution in [3.05, 3.63) is 97.7 Å². The Hall–Kier alpha value is -3.44. The van der Waals surface area contributed by atoms with Crippen molar-refractivity contribution in [2.45, 2.75) is 67.2 Å². The molecule has 4 nitrogen and oxygen atoms in total. The van der Waals surface area contributed by atoms with Crippen LogP contribution in [0.4, 0.5) is 10.7 Å². The maximum Gasteiger partial charge on any atom is 0.259 e. The number of hydrogen-bond acceptors (Lipinski definition) is 3. The minimum Gasteiger partial charge on any atom is -0.322 e. The molecule has 0 saturated heterocycles. The fraction of sp³-hybridized carbons (Fsp3) is 0.312. The zero-order valence-electron chi connectivity index (χ0n) is 22.7. The van der Waals surface area contributed by atoms with Crippen LogP contribution >= 0.6 is 11.3 Å². The van der Waals surface area contributed by atoms with Gasteiger partial charge in [0.25, 0.3) is 5.91 Å². The molecule has 190 valence electrons. The number of aromatic nitrogens is 1. The number of carbonyl (C=O) groups excluding carboxylic acids is 1. The fourth-order valence-electron chi connectivity index (χ4n) is 5.41. The van der Waals surface area contributed by atoms with Gasteiger partial charge in [0.2, 0.25) is 0 Å². The Kier molecular flexibility index (Phi) is 6.91. The number of fused-ring (bicyclic) bond motifs is 1. The van der Waals surface area contributed by atoms with E-state index in [2.05, 4.69) is 81.8 Å². The number of nitrogens with one attached hydrogen (secondary N) is 1. The molecule has 4 aromatic rings. The summed E-state index contributed by atoms with van der Waals surface area (Å²) in [5, 5.41) is 3.96. The summed E-state index contributed by atoms with van der Waals surface area (Å²) in [7, 11) is 0. The van der Waals surface area contributed by atoms with E-state index in [1.807, 2.05) is 18.3 Å². The third kappa shape index (κ3) is 5.05. The maximum absolute atomic E-state index is 13.6. The van der Waals surface area contributed by atoms with Gasteiger partial charge in [0.05, 0.1) is 5.56 Å². The molecule has 1 aliphatic carbocycles. The number of nitrogens with zero attached hydrogens (tertiary/aromatic N) is 2. The lowest BCUT2D eigenvalue weighted by Gasteiger charge is -2.13. The van der Waals surface area contributed by atoms with Crippen LogP contribution in [0.25, 0.3) is 5.69 Å². The van der Waals surface area contributed by atoms with Crippen LogP contribution in [0.2, 0.25) is 0 Å². The molecule has 5 heteroatoms. The molecule has 2 heterocycles. The second-order valence-electron chi connectivity index (χ2n) is 10.4. The van der Waals surface area contributed by atoms with Gasteiger partial charge < -0.3 is 9.88 Å². The Morgan fingerprint density at radius 1 is 0.919 bits per heavy atom. The Labute approximate surface area is 224 Å². The number of anilines is 1. The standard InChI is InChI=1S/C32H35N3OS/c1-19-13-20(2)15-27(14-19)35-23(5)17-25(24(35)6)18-33-32-30(28-9-7-8-10-29(28)37-32)31(36)34-26-12-11-21(3)22(4)16-26/h11-18H,7-10H2,1-6H3,(H,34,36). The molecular formula is C32H35N3OS. The Bertz CT molecular complexity index is 1520. The van der Waals surface area contributed by atoms with Gasteiger partial charge in [-0.05, 0) is 125 Å². The summed E-state index contributed by atoms with van der Waals surface area (Å²) < 4.78 is 2.29. The van der Waals surface area contributed by atoms with Crippen LogP contribution in [0.15, 0.2) is 47.5 Å². The number of benzene rings is 2. The summed E-state index contributed by atoms with van der Waals surface area (Å²) in [4.78, 5) is 19.8. The lowest BCUT2D eigenvalue weighted by molar-refractivity contribution is 0.102. The molecule has 0 unspecified atom stereocenters. The van der Waals surface area contributed by atoms with Gasteiger partial charge >= 0.3 is 0 Å². The molecule has 2 aromatic carbocycles. The van der Waals surface area contributed by atoms with Gasteiger partial charge in [-0.2, -0.15) is 0 Å². The number of thiophene rings is 1. The van der Waals surface area contributed by atoms with Crippen molar-refractivity contribution in [3.8, 4) is 5.69 Å². The highest BCUT2D eigenvalue weighted by molar-refractivity contribution is 7.16. The normalized spacial score (nSPS) is 13.2. The van der Waals surface area contributed by atoms with Gasteiger partial charge in [0, 0.05) is 39.4 Å². The SMILES string of the molecule is Cc1cc(C)cc(-n2c(C)cc(C=Nc3sc4c(c3C(=O)Nc3ccc(C)c(C)c3)CCCC4)c2C)c1. The van der Waals surface area contributed by atoms with Gasteiger partial charge in [-0.25, -0.2) is 4.99 Å². The first-order valence-electron chi connectivity index (χ1n) is 13.1. The second kappa shape index (κ2) is 10.1. The summed E-state index contributed by atoms with van der Waals surface area (Å²) >= 11 is 1.68. The highest BCUT2D eigenvalue weighted by Gasteiger charge is 2.25. The molecule has 0 spiro atoms. The third-order valence-electron chi connectivity index (χ3n) is 7.40. The first kappa shape index (κ1) is 25.2. The quantitative estimate of drug-likeness (QED) is 0.270. The highest BCUT2D eigenvalue weighted by atomic mass is 32.1. The van der Waals surface area contributed by atoms with Crippen LogP contribution in [0, 0.1) is 41.5 Å². The van der Waals surface area contributed by atoms with Crippen LogP contribution in [0.5, 0.6) is 0 Å². The average Bonchev–Trinajstić information content (AvgIpc) is 3.35. The Morgan fingerprint density at radius 2 is 1.65 bits per heavy atom. The van der Waals surface area contributed by atoms with Gasteiger partial charge in [-0.3, -0.25) is 4.79 Å². The summed E-state index contributed by atoms with van der Waals surface area (Å²) in [5.41, 5.74) is 12.2. The van der Waals surface area contributed by atoms with Crippen LogP contribution in [-0.2, 0) is 12.8 Å². The molecule has 1 aliphatic rings. The average molecular weight is 510 g/mol. The molecule has 5 rings (SSSR count).